The predicted molar refractivity (Wildman–Crippen MR) is 123 cm³/mol. The summed E-state index contributed by atoms with van der Waals surface area (Å²) in [5.41, 5.74) is 2.20. The van der Waals surface area contributed by atoms with Gasteiger partial charge in [-0.2, -0.15) is 0 Å². The smallest absolute Gasteiger partial charge is 0.267 e. The van der Waals surface area contributed by atoms with E-state index in [1.165, 1.54) is 14.2 Å². The zero-order valence-electron chi connectivity index (χ0n) is 18.3. The number of fused-ring (bicyclic) bond motifs is 1. The van der Waals surface area contributed by atoms with Crippen LogP contribution in [0.1, 0.15) is 22.8 Å². The van der Waals surface area contributed by atoms with Crippen LogP contribution < -0.4 is 20.1 Å². The minimum Gasteiger partial charge on any atom is -0.493 e. The maximum absolute atomic E-state index is 12.9. The molecular formula is C24H27N3O5. The zero-order valence-corrected chi connectivity index (χ0v) is 18.3. The third-order valence-electron chi connectivity index (χ3n) is 5.00. The van der Waals surface area contributed by atoms with Crippen LogP contribution in [-0.2, 0) is 11.3 Å². The van der Waals surface area contributed by atoms with E-state index in [2.05, 4.69) is 15.2 Å². The highest BCUT2D eigenvalue weighted by atomic mass is 16.5. The number of benzene rings is 2. The van der Waals surface area contributed by atoms with E-state index in [1.807, 2.05) is 37.4 Å². The number of methoxy groups -OCH3 is 2. The predicted octanol–water partition coefficient (Wildman–Crippen LogP) is 2.56. The lowest BCUT2D eigenvalue weighted by Gasteiger charge is -2.12. The van der Waals surface area contributed by atoms with Gasteiger partial charge in [-0.25, -0.2) is 0 Å². The third-order valence-corrected chi connectivity index (χ3v) is 5.00. The molecule has 0 aliphatic carbocycles. The van der Waals surface area contributed by atoms with Crippen LogP contribution in [0.3, 0.4) is 0 Å². The summed E-state index contributed by atoms with van der Waals surface area (Å²) < 4.78 is 12.5. The molecule has 32 heavy (non-hydrogen) atoms. The van der Waals surface area contributed by atoms with E-state index >= 15 is 0 Å². The largest absolute Gasteiger partial charge is 0.493 e. The van der Waals surface area contributed by atoms with E-state index in [0.717, 1.165) is 23.0 Å². The van der Waals surface area contributed by atoms with Crippen LogP contribution in [0.5, 0.6) is 11.5 Å². The number of hydrogen-bond acceptors (Lipinski definition) is 5. The standard InChI is InChI=1S/C24H27N3O5/c1-4-27-15-17(18-7-5-6-8-20(18)27)13-19(24(30)25-11-12-28)26-23(29)16-9-10-21(31-2)22(14-16)32-3/h5-10,13-15,28H,4,11-12H2,1-3H3,(H,25,30)(H,26,29). The second kappa shape index (κ2) is 10.5. The number of rotatable bonds is 9. The molecule has 8 nitrogen and oxygen atoms in total. The summed E-state index contributed by atoms with van der Waals surface area (Å²) in [5.74, 6) is -0.0777. The lowest BCUT2D eigenvalue weighted by atomic mass is 10.1. The first-order chi connectivity index (χ1) is 15.5. The van der Waals surface area contributed by atoms with E-state index < -0.39 is 11.8 Å². The van der Waals surface area contributed by atoms with Gasteiger partial charge in [-0.15, -0.1) is 0 Å². The number of hydrogen-bond donors (Lipinski definition) is 3. The Morgan fingerprint density at radius 1 is 1.09 bits per heavy atom. The molecule has 0 saturated heterocycles. The molecule has 0 aliphatic rings. The molecule has 1 aromatic heterocycles. The van der Waals surface area contributed by atoms with Crippen molar-refractivity contribution in [3.63, 3.8) is 0 Å². The van der Waals surface area contributed by atoms with Crippen molar-refractivity contribution in [1.82, 2.24) is 15.2 Å². The Balaban J connectivity index is 1.99. The van der Waals surface area contributed by atoms with E-state index in [4.69, 9.17) is 14.6 Å². The van der Waals surface area contributed by atoms with Gasteiger partial charge in [0, 0.05) is 41.3 Å². The molecular weight excluding hydrogens is 410 g/mol. The fourth-order valence-corrected chi connectivity index (χ4v) is 3.40. The average molecular weight is 437 g/mol. The monoisotopic (exact) mass is 437 g/mol. The summed E-state index contributed by atoms with van der Waals surface area (Å²) in [4.78, 5) is 25.7. The van der Waals surface area contributed by atoms with Crippen molar-refractivity contribution in [3.8, 4) is 11.5 Å². The molecule has 2 amide bonds. The van der Waals surface area contributed by atoms with Gasteiger partial charge in [0.05, 0.1) is 20.8 Å². The minimum atomic E-state index is -0.499. The number of para-hydroxylation sites is 1. The number of amides is 2. The van der Waals surface area contributed by atoms with E-state index in [9.17, 15) is 9.59 Å². The normalized spacial score (nSPS) is 11.3. The fraction of sp³-hybridized carbons (Fsp3) is 0.250. The second-order valence-corrected chi connectivity index (χ2v) is 6.95. The van der Waals surface area contributed by atoms with Gasteiger partial charge in [-0.1, -0.05) is 18.2 Å². The van der Waals surface area contributed by atoms with Crippen LogP contribution >= 0.6 is 0 Å². The summed E-state index contributed by atoms with van der Waals surface area (Å²) >= 11 is 0. The van der Waals surface area contributed by atoms with Gasteiger partial charge in [0.1, 0.15) is 5.70 Å². The number of aromatic nitrogens is 1. The molecule has 3 N–H and O–H groups in total. The van der Waals surface area contributed by atoms with Gasteiger partial charge in [0.2, 0.25) is 0 Å². The number of carbonyl (C=O) groups excluding carboxylic acids is 2. The number of ether oxygens (including phenoxy) is 2. The van der Waals surface area contributed by atoms with Crippen molar-refractivity contribution in [2.75, 3.05) is 27.4 Å². The summed E-state index contributed by atoms with van der Waals surface area (Å²) in [6.45, 7) is 2.66. The number of aliphatic hydroxyl groups excluding tert-OH is 1. The van der Waals surface area contributed by atoms with E-state index in [-0.39, 0.29) is 18.8 Å². The lowest BCUT2D eigenvalue weighted by molar-refractivity contribution is -0.117. The Labute approximate surface area is 186 Å². The van der Waals surface area contributed by atoms with Crippen LogP contribution in [0.25, 0.3) is 17.0 Å². The third kappa shape index (κ3) is 4.92. The molecule has 0 spiro atoms. The molecule has 0 fully saturated rings. The van der Waals surface area contributed by atoms with Crippen molar-refractivity contribution in [2.45, 2.75) is 13.5 Å². The van der Waals surface area contributed by atoms with Gasteiger partial charge in [0.15, 0.2) is 11.5 Å². The SMILES string of the molecule is CCn1cc(C=C(NC(=O)c2ccc(OC)c(OC)c2)C(=O)NCCO)c2ccccc21. The van der Waals surface area contributed by atoms with Crippen molar-refractivity contribution < 1.29 is 24.2 Å². The summed E-state index contributed by atoms with van der Waals surface area (Å²) in [5, 5.41) is 15.3. The summed E-state index contributed by atoms with van der Waals surface area (Å²) in [6.07, 6.45) is 3.58. The van der Waals surface area contributed by atoms with Crippen LogP contribution in [0, 0.1) is 0 Å². The summed E-state index contributed by atoms with van der Waals surface area (Å²) in [7, 11) is 2.99. The first kappa shape index (κ1) is 22.9. The molecule has 0 bridgehead atoms. The number of aliphatic hydroxyl groups is 1. The Kier molecular flexibility index (Phi) is 7.51. The Morgan fingerprint density at radius 2 is 1.84 bits per heavy atom. The highest BCUT2D eigenvalue weighted by Gasteiger charge is 2.17. The number of nitrogens with one attached hydrogen (secondary N) is 2. The van der Waals surface area contributed by atoms with Crippen LogP contribution in [0.2, 0.25) is 0 Å². The molecule has 0 unspecified atom stereocenters. The highest BCUT2D eigenvalue weighted by molar-refractivity contribution is 6.06. The molecule has 3 rings (SSSR count). The van der Waals surface area contributed by atoms with Crippen LogP contribution in [0.15, 0.2) is 54.4 Å². The molecule has 168 valence electrons. The quantitative estimate of drug-likeness (QED) is 0.447. The maximum atomic E-state index is 12.9. The van der Waals surface area contributed by atoms with Crippen molar-refractivity contribution in [1.29, 1.82) is 0 Å². The van der Waals surface area contributed by atoms with Gasteiger partial charge >= 0.3 is 0 Å². The highest BCUT2D eigenvalue weighted by Crippen LogP contribution is 2.28. The summed E-state index contributed by atoms with van der Waals surface area (Å²) in [6, 6.07) is 12.6. The van der Waals surface area contributed by atoms with Gasteiger partial charge < -0.3 is 29.8 Å². The van der Waals surface area contributed by atoms with Crippen LogP contribution in [0.4, 0.5) is 0 Å². The lowest BCUT2D eigenvalue weighted by Crippen LogP contribution is -2.36. The van der Waals surface area contributed by atoms with Crippen LogP contribution in [-0.4, -0.2) is 48.9 Å². The van der Waals surface area contributed by atoms with Crippen molar-refractivity contribution in [3.05, 3.63) is 65.5 Å². The Morgan fingerprint density at radius 3 is 2.53 bits per heavy atom. The molecule has 0 radical (unpaired) electrons. The molecule has 1 heterocycles. The first-order valence-corrected chi connectivity index (χ1v) is 10.2. The zero-order chi connectivity index (χ0) is 23.1. The molecule has 0 aliphatic heterocycles. The maximum Gasteiger partial charge on any atom is 0.267 e. The number of nitrogens with zero attached hydrogens (tertiary/aromatic N) is 1. The average Bonchev–Trinajstić information content (AvgIpc) is 3.19. The Hall–Kier alpha value is -3.78. The minimum absolute atomic E-state index is 0.0669. The van der Waals surface area contributed by atoms with E-state index in [0.29, 0.717) is 17.1 Å². The number of aryl methyl sites for hydroxylation is 1. The van der Waals surface area contributed by atoms with Crippen molar-refractivity contribution in [2.24, 2.45) is 0 Å². The van der Waals surface area contributed by atoms with Gasteiger partial charge in [-0.3, -0.25) is 9.59 Å². The topological polar surface area (TPSA) is 102 Å². The van der Waals surface area contributed by atoms with Crippen molar-refractivity contribution >= 4 is 28.8 Å². The molecule has 8 heteroatoms. The Bertz CT molecular complexity index is 1150. The molecule has 3 aromatic rings. The van der Waals surface area contributed by atoms with E-state index in [1.54, 1.807) is 24.3 Å². The van der Waals surface area contributed by atoms with Gasteiger partial charge in [-0.05, 0) is 37.3 Å². The molecule has 0 saturated carbocycles. The second-order valence-electron chi connectivity index (χ2n) is 6.95. The molecule has 2 aromatic carbocycles. The fourth-order valence-electron chi connectivity index (χ4n) is 3.40. The molecule has 0 atom stereocenters. The van der Waals surface area contributed by atoms with Gasteiger partial charge in [0.25, 0.3) is 11.8 Å². The first-order valence-electron chi connectivity index (χ1n) is 10.2. The number of carbonyl (C=O) groups is 2.